The van der Waals surface area contributed by atoms with E-state index in [4.69, 9.17) is 11.2 Å². The van der Waals surface area contributed by atoms with Crippen molar-refractivity contribution in [3.05, 3.63) is 18.3 Å². The second-order valence-electron chi connectivity index (χ2n) is 4.48. The number of terminal acetylenes is 1. The van der Waals surface area contributed by atoms with E-state index < -0.39 is 0 Å². The van der Waals surface area contributed by atoms with Crippen LogP contribution in [0.3, 0.4) is 0 Å². The lowest BCUT2D eigenvalue weighted by Crippen LogP contribution is -2.10. The summed E-state index contributed by atoms with van der Waals surface area (Å²) in [4.78, 5) is 12.8. The van der Waals surface area contributed by atoms with Crippen LogP contribution in [0.4, 0.5) is 0 Å². The Balaban J connectivity index is 0.000000704. The van der Waals surface area contributed by atoms with Crippen LogP contribution in [0.2, 0.25) is 0 Å². The van der Waals surface area contributed by atoms with Crippen molar-refractivity contribution < 1.29 is 4.74 Å². The molecule has 20 heavy (non-hydrogen) atoms. The van der Waals surface area contributed by atoms with Gasteiger partial charge in [-0.05, 0) is 19.8 Å². The second kappa shape index (κ2) is 6.49. The van der Waals surface area contributed by atoms with E-state index in [0.717, 1.165) is 29.7 Å². The third kappa shape index (κ3) is 2.66. The predicted octanol–water partition coefficient (Wildman–Crippen LogP) is 2.86. The zero-order valence-corrected chi connectivity index (χ0v) is 12.2. The summed E-state index contributed by atoms with van der Waals surface area (Å²) in [5, 5.41) is 0. The van der Waals surface area contributed by atoms with E-state index >= 15 is 0 Å². The average molecular weight is 272 g/mol. The molecular weight excluding hydrogens is 252 g/mol. The Kier molecular flexibility index (Phi) is 4.70. The molecule has 3 heterocycles. The molecule has 0 radical (unpaired) electrons. The van der Waals surface area contributed by atoms with Gasteiger partial charge in [0.25, 0.3) is 0 Å². The molecule has 0 N–H and O–H groups in total. The monoisotopic (exact) mass is 272 g/mol. The van der Waals surface area contributed by atoms with E-state index in [1.54, 1.807) is 12.7 Å². The fourth-order valence-corrected chi connectivity index (χ4v) is 2.35. The highest BCUT2D eigenvalue weighted by Gasteiger charge is 2.27. The Bertz CT molecular complexity index is 614. The molecule has 3 rings (SSSR count). The summed E-state index contributed by atoms with van der Waals surface area (Å²) in [6.45, 7) is 5.93. The first-order valence-corrected chi connectivity index (χ1v) is 7.02. The number of nitrogens with zero attached hydrogens (tertiary/aromatic N) is 4. The van der Waals surface area contributed by atoms with Crippen LogP contribution in [0.1, 0.15) is 45.0 Å². The lowest BCUT2D eigenvalue weighted by molar-refractivity contribution is 0.00687. The average Bonchev–Trinajstić information content (AvgIpc) is 3.08. The van der Waals surface area contributed by atoms with Gasteiger partial charge in [0.15, 0.2) is 5.65 Å². The van der Waals surface area contributed by atoms with Gasteiger partial charge in [0.1, 0.15) is 18.1 Å². The maximum Gasteiger partial charge on any atom is 0.165 e. The van der Waals surface area contributed by atoms with Gasteiger partial charge >= 0.3 is 0 Å². The molecule has 5 nitrogen and oxygen atoms in total. The van der Waals surface area contributed by atoms with Crippen molar-refractivity contribution in [2.45, 2.75) is 52.4 Å². The summed E-state index contributed by atoms with van der Waals surface area (Å²) in [6.07, 6.45) is 11.4. The Morgan fingerprint density at radius 3 is 2.90 bits per heavy atom. The van der Waals surface area contributed by atoms with Crippen molar-refractivity contribution in [3.8, 4) is 12.3 Å². The van der Waals surface area contributed by atoms with Crippen LogP contribution >= 0.6 is 0 Å². The summed E-state index contributed by atoms with van der Waals surface area (Å²) in [5.41, 5.74) is 2.55. The fraction of sp³-hybridized carbons (Fsp3) is 0.533. The van der Waals surface area contributed by atoms with E-state index in [2.05, 4.69) is 20.9 Å². The van der Waals surface area contributed by atoms with Gasteiger partial charge in [0.05, 0.1) is 18.1 Å². The topological polar surface area (TPSA) is 52.8 Å². The van der Waals surface area contributed by atoms with Crippen LogP contribution in [-0.2, 0) is 4.74 Å². The van der Waals surface area contributed by atoms with Crippen LogP contribution in [-0.4, -0.2) is 25.6 Å². The zero-order chi connectivity index (χ0) is 14.5. The number of aryl methyl sites for hydroxylation is 1. The standard InChI is InChI=1S/C13H14N4O.C2H6/c1-3-4-10-5-6-11(18-10)17-8-16-12-9(2)14-7-15-13(12)17;1-2/h1,7-8,10-11H,4-6H2,2H3;1-2H3. The lowest BCUT2D eigenvalue weighted by atomic mass is 10.2. The molecule has 0 amide bonds. The minimum absolute atomic E-state index is 0.0114. The van der Waals surface area contributed by atoms with E-state index in [-0.39, 0.29) is 12.3 Å². The van der Waals surface area contributed by atoms with E-state index in [0.29, 0.717) is 6.42 Å². The molecule has 1 aliphatic heterocycles. The van der Waals surface area contributed by atoms with Crippen LogP contribution in [0.5, 0.6) is 0 Å². The molecule has 5 heteroatoms. The Hall–Kier alpha value is -1.93. The summed E-state index contributed by atoms with van der Waals surface area (Å²) < 4.78 is 7.89. The molecule has 2 atom stereocenters. The lowest BCUT2D eigenvalue weighted by Gasteiger charge is -2.13. The Labute approximate surface area is 119 Å². The normalized spacial score (nSPS) is 21.3. The first kappa shape index (κ1) is 14.5. The zero-order valence-electron chi connectivity index (χ0n) is 12.2. The van der Waals surface area contributed by atoms with Crippen molar-refractivity contribution in [3.63, 3.8) is 0 Å². The van der Waals surface area contributed by atoms with Gasteiger partial charge in [-0.1, -0.05) is 13.8 Å². The number of aromatic nitrogens is 4. The third-order valence-electron chi connectivity index (χ3n) is 3.28. The van der Waals surface area contributed by atoms with Crippen LogP contribution in [0, 0.1) is 19.3 Å². The van der Waals surface area contributed by atoms with Gasteiger partial charge in [-0.3, -0.25) is 4.57 Å². The van der Waals surface area contributed by atoms with E-state index in [1.807, 2.05) is 25.3 Å². The van der Waals surface area contributed by atoms with Gasteiger partial charge in [-0.15, -0.1) is 12.3 Å². The third-order valence-corrected chi connectivity index (χ3v) is 3.28. The molecular formula is C15H20N4O. The number of fused-ring (bicyclic) bond motifs is 1. The van der Waals surface area contributed by atoms with Gasteiger partial charge in [0.2, 0.25) is 0 Å². The molecule has 0 aromatic carbocycles. The SMILES string of the molecule is C#CCC1CCC(n2cnc3c(C)ncnc32)O1.CC. The highest BCUT2D eigenvalue weighted by Crippen LogP contribution is 2.31. The first-order chi connectivity index (χ1) is 9.79. The van der Waals surface area contributed by atoms with E-state index in [1.165, 1.54) is 0 Å². The number of hydrogen-bond donors (Lipinski definition) is 0. The van der Waals surface area contributed by atoms with Crippen molar-refractivity contribution in [2.24, 2.45) is 0 Å². The maximum atomic E-state index is 5.91. The van der Waals surface area contributed by atoms with E-state index in [9.17, 15) is 0 Å². The highest BCUT2D eigenvalue weighted by atomic mass is 16.5. The first-order valence-electron chi connectivity index (χ1n) is 7.02. The van der Waals surface area contributed by atoms with Crippen LogP contribution in [0.15, 0.2) is 12.7 Å². The molecule has 0 bridgehead atoms. The molecule has 1 saturated heterocycles. The maximum absolute atomic E-state index is 5.91. The van der Waals surface area contributed by atoms with Crippen molar-refractivity contribution in [2.75, 3.05) is 0 Å². The minimum atomic E-state index is -0.0114. The Morgan fingerprint density at radius 2 is 2.15 bits per heavy atom. The molecule has 106 valence electrons. The molecule has 2 aromatic heterocycles. The highest BCUT2D eigenvalue weighted by molar-refractivity contribution is 5.72. The van der Waals surface area contributed by atoms with Crippen molar-refractivity contribution >= 4 is 11.2 Å². The molecule has 0 saturated carbocycles. The molecule has 0 spiro atoms. The van der Waals surface area contributed by atoms with Crippen LogP contribution < -0.4 is 0 Å². The molecule has 2 unspecified atom stereocenters. The molecule has 1 aliphatic rings. The van der Waals surface area contributed by atoms with Gasteiger partial charge in [-0.2, -0.15) is 0 Å². The quantitative estimate of drug-likeness (QED) is 0.789. The number of imidazole rings is 1. The summed E-state index contributed by atoms with van der Waals surface area (Å²) in [6, 6.07) is 0. The fourth-order valence-electron chi connectivity index (χ4n) is 2.35. The largest absolute Gasteiger partial charge is 0.354 e. The number of ether oxygens (including phenoxy) is 1. The van der Waals surface area contributed by atoms with Gasteiger partial charge in [0, 0.05) is 6.42 Å². The Morgan fingerprint density at radius 1 is 1.35 bits per heavy atom. The van der Waals surface area contributed by atoms with Gasteiger partial charge < -0.3 is 4.74 Å². The second-order valence-corrected chi connectivity index (χ2v) is 4.48. The smallest absolute Gasteiger partial charge is 0.165 e. The van der Waals surface area contributed by atoms with Crippen molar-refractivity contribution in [1.82, 2.24) is 19.5 Å². The predicted molar refractivity (Wildman–Crippen MR) is 78.0 cm³/mol. The summed E-state index contributed by atoms with van der Waals surface area (Å²) in [5.74, 6) is 2.65. The molecule has 0 aliphatic carbocycles. The minimum Gasteiger partial charge on any atom is -0.354 e. The number of rotatable bonds is 2. The molecule has 2 aromatic rings. The summed E-state index contributed by atoms with van der Waals surface area (Å²) in [7, 11) is 0. The van der Waals surface area contributed by atoms with Crippen LogP contribution in [0.25, 0.3) is 11.2 Å². The van der Waals surface area contributed by atoms with Gasteiger partial charge in [-0.25, -0.2) is 15.0 Å². The summed E-state index contributed by atoms with van der Waals surface area (Å²) >= 11 is 0. The number of hydrogen-bond acceptors (Lipinski definition) is 4. The van der Waals surface area contributed by atoms with Crippen molar-refractivity contribution in [1.29, 1.82) is 0 Å². The molecule has 1 fully saturated rings.